The second-order valence-corrected chi connectivity index (χ2v) is 10.4. The molecule has 0 fully saturated rings. The fourth-order valence-corrected chi connectivity index (χ4v) is 4.86. The monoisotopic (exact) mass is 486 g/mol. The number of benzene rings is 2. The number of ether oxygens (including phenoxy) is 2. The number of hydrogen-bond acceptors (Lipinski definition) is 8. The number of aliphatic hydroxyl groups excluding tert-OH is 2. The highest BCUT2D eigenvalue weighted by atomic mass is 32.2. The van der Waals surface area contributed by atoms with E-state index in [0.29, 0.717) is 11.8 Å². The van der Waals surface area contributed by atoms with Crippen LogP contribution in [-0.2, 0) is 9.47 Å². The number of aliphatic imine (C=N–C) groups is 2. The predicted molar refractivity (Wildman–Crippen MR) is 134 cm³/mol. The molecule has 2 N–H and O–H groups in total. The van der Waals surface area contributed by atoms with Gasteiger partial charge in [0.1, 0.15) is 29.7 Å². The zero-order chi connectivity index (χ0) is 23.6. The topological polar surface area (TPSA) is 83.6 Å². The van der Waals surface area contributed by atoms with E-state index < -0.39 is 17.5 Å². The zero-order valence-corrected chi connectivity index (χ0v) is 20.9. The van der Waals surface area contributed by atoms with E-state index in [1.807, 2.05) is 74.9 Å². The van der Waals surface area contributed by atoms with Crippen LogP contribution in [0.3, 0.4) is 0 Å². The highest BCUT2D eigenvalue weighted by Crippen LogP contribution is 2.40. The molecule has 33 heavy (non-hydrogen) atoms. The molecule has 0 aliphatic carbocycles. The SMILES string of the molecule is CSc1ccc([C@@H]2OC(C(C)(C)C3=N[C@@H](CO)[C@H](c4ccc(SC)cc4)O3)=N[C@H]2CO)cc1. The van der Waals surface area contributed by atoms with Gasteiger partial charge >= 0.3 is 0 Å². The summed E-state index contributed by atoms with van der Waals surface area (Å²) < 4.78 is 12.6. The van der Waals surface area contributed by atoms with E-state index in [-0.39, 0.29) is 25.4 Å². The van der Waals surface area contributed by atoms with Crippen molar-refractivity contribution < 1.29 is 19.7 Å². The lowest BCUT2D eigenvalue weighted by Gasteiger charge is -2.26. The summed E-state index contributed by atoms with van der Waals surface area (Å²) in [5.74, 6) is 0.962. The average Bonchev–Trinajstić information content (AvgIpc) is 3.49. The molecule has 0 bridgehead atoms. The summed E-state index contributed by atoms with van der Waals surface area (Å²) in [6.45, 7) is 3.66. The van der Waals surface area contributed by atoms with Gasteiger partial charge in [-0.1, -0.05) is 24.3 Å². The van der Waals surface area contributed by atoms with Gasteiger partial charge in [0.15, 0.2) is 11.8 Å². The van der Waals surface area contributed by atoms with Crippen LogP contribution in [0, 0.1) is 5.41 Å². The van der Waals surface area contributed by atoms with Crippen LogP contribution in [0.1, 0.15) is 37.2 Å². The smallest absolute Gasteiger partial charge is 0.199 e. The van der Waals surface area contributed by atoms with Crippen molar-refractivity contribution >= 4 is 35.3 Å². The van der Waals surface area contributed by atoms with Gasteiger partial charge in [0.05, 0.1) is 13.2 Å². The summed E-state index contributed by atoms with van der Waals surface area (Å²) in [6.07, 6.45) is 3.33. The van der Waals surface area contributed by atoms with Crippen molar-refractivity contribution in [1.29, 1.82) is 0 Å². The molecule has 4 rings (SSSR count). The lowest BCUT2D eigenvalue weighted by atomic mass is 9.93. The molecule has 0 radical (unpaired) electrons. The van der Waals surface area contributed by atoms with Crippen molar-refractivity contribution in [2.45, 2.75) is 47.9 Å². The molecule has 0 aromatic heterocycles. The van der Waals surface area contributed by atoms with Gasteiger partial charge < -0.3 is 19.7 Å². The van der Waals surface area contributed by atoms with Crippen molar-refractivity contribution in [2.24, 2.45) is 15.4 Å². The first-order chi connectivity index (χ1) is 15.9. The zero-order valence-electron chi connectivity index (χ0n) is 19.3. The highest BCUT2D eigenvalue weighted by molar-refractivity contribution is 7.98. The largest absolute Gasteiger partial charge is 0.470 e. The molecule has 2 aliphatic heterocycles. The predicted octanol–water partition coefficient (Wildman–Crippen LogP) is 4.52. The van der Waals surface area contributed by atoms with Crippen molar-refractivity contribution in [3.63, 3.8) is 0 Å². The standard InChI is InChI=1S/C25H30N2O4S2/c1-25(2,23-26-19(13-28)21(30-23)15-5-9-17(32-3)10-6-15)24-27-20(14-29)22(31-24)16-7-11-18(33-4)12-8-16/h5-12,19-22,28-29H,13-14H2,1-4H3/t19-,20-,21-,22-/m0/s1. The Morgan fingerprint density at radius 2 is 1.09 bits per heavy atom. The minimum absolute atomic E-state index is 0.120. The van der Waals surface area contributed by atoms with Gasteiger partial charge in [-0.15, -0.1) is 23.5 Å². The van der Waals surface area contributed by atoms with Crippen LogP contribution >= 0.6 is 23.5 Å². The van der Waals surface area contributed by atoms with E-state index in [0.717, 1.165) is 11.1 Å². The quantitative estimate of drug-likeness (QED) is 0.534. The number of nitrogens with zero attached hydrogens (tertiary/aromatic N) is 2. The summed E-state index contributed by atoms with van der Waals surface area (Å²) in [7, 11) is 0. The van der Waals surface area contributed by atoms with Gasteiger partial charge in [0.25, 0.3) is 0 Å². The van der Waals surface area contributed by atoms with Gasteiger partial charge in [0, 0.05) is 9.79 Å². The first-order valence-electron chi connectivity index (χ1n) is 10.9. The molecule has 6 nitrogen and oxygen atoms in total. The third kappa shape index (κ3) is 4.80. The van der Waals surface area contributed by atoms with Crippen molar-refractivity contribution in [3.8, 4) is 0 Å². The third-order valence-electron chi connectivity index (χ3n) is 6.07. The number of aliphatic hydroxyl groups is 2. The van der Waals surface area contributed by atoms with Crippen LogP contribution in [-0.4, -0.2) is 59.8 Å². The van der Waals surface area contributed by atoms with Gasteiger partial charge in [-0.2, -0.15) is 0 Å². The molecule has 2 aromatic carbocycles. The summed E-state index contributed by atoms with van der Waals surface area (Å²) in [5, 5.41) is 19.9. The first kappa shape index (κ1) is 24.1. The molecule has 176 valence electrons. The van der Waals surface area contributed by atoms with Gasteiger partial charge in [0.2, 0.25) is 0 Å². The van der Waals surface area contributed by atoms with E-state index in [2.05, 4.69) is 0 Å². The van der Waals surface area contributed by atoms with E-state index in [9.17, 15) is 10.2 Å². The van der Waals surface area contributed by atoms with Crippen molar-refractivity contribution in [2.75, 3.05) is 25.7 Å². The Balaban J connectivity index is 1.55. The van der Waals surface area contributed by atoms with Crippen molar-refractivity contribution in [1.82, 2.24) is 0 Å². The van der Waals surface area contributed by atoms with Crippen LogP contribution in [0.5, 0.6) is 0 Å². The normalized spacial score (nSPS) is 24.8. The Kier molecular flexibility index (Phi) is 7.38. The Morgan fingerprint density at radius 1 is 0.727 bits per heavy atom. The maximum absolute atomic E-state index is 9.97. The molecule has 2 aliphatic rings. The number of rotatable bonds is 8. The maximum atomic E-state index is 9.97. The molecule has 0 saturated carbocycles. The Bertz CT molecular complexity index is 940. The van der Waals surface area contributed by atoms with E-state index in [1.54, 1.807) is 23.5 Å². The second-order valence-electron chi connectivity index (χ2n) is 8.62. The molecular weight excluding hydrogens is 456 g/mol. The van der Waals surface area contributed by atoms with Crippen LogP contribution in [0.15, 0.2) is 68.3 Å². The first-order valence-corrected chi connectivity index (χ1v) is 13.4. The van der Waals surface area contributed by atoms with Crippen LogP contribution in [0.25, 0.3) is 0 Å². The average molecular weight is 487 g/mol. The number of hydrogen-bond donors (Lipinski definition) is 2. The molecule has 0 saturated heterocycles. The number of thioether (sulfide) groups is 2. The summed E-state index contributed by atoms with van der Waals surface area (Å²) >= 11 is 3.36. The van der Waals surface area contributed by atoms with Crippen molar-refractivity contribution in [3.05, 3.63) is 59.7 Å². The minimum Gasteiger partial charge on any atom is -0.470 e. The molecule has 8 heteroatoms. The Labute approximate surface area is 203 Å². The molecule has 2 heterocycles. The van der Waals surface area contributed by atoms with Gasteiger partial charge in [-0.3, -0.25) is 0 Å². The summed E-state index contributed by atoms with van der Waals surface area (Å²) in [5.41, 5.74) is 1.19. The molecule has 0 spiro atoms. The lowest BCUT2D eigenvalue weighted by molar-refractivity contribution is 0.131. The lowest BCUT2D eigenvalue weighted by Crippen LogP contribution is -2.34. The van der Waals surface area contributed by atoms with Gasteiger partial charge in [-0.25, -0.2) is 9.98 Å². The van der Waals surface area contributed by atoms with E-state index >= 15 is 0 Å². The van der Waals surface area contributed by atoms with Crippen LogP contribution in [0.4, 0.5) is 0 Å². The third-order valence-corrected chi connectivity index (χ3v) is 7.56. The summed E-state index contributed by atoms with van der Waals surface area (Å²) in [6, 6.07) is 15.5. The molecule has 0 unspecified atom stereocenters. The molecular formula is C25H30N2O4S2. The van der Waals surface area contributed by atoms with E-state index in [1.165, 1.54) is 9.79 Å². The maximum Gasteiger partial charge on any atom is 0.199 e. The van der Waals surface area contributed by atoms with Crippen LogP contribution in [0.2, 0.25) is 0 Å². The Morgan fingerprint density at radius 3 is 1.39 bits per heavy atom. The summed E-state index contributed by atoms with van der Waals surface area (Å²) in [4.78, 5) is 11.7. The fourth-order valence-electron chi connectivity index (χ4n) is 4.04. The second kappa shape index (κ2) is 10.1. The molecule has 2 aromatic rings. The molecule has 0 amide bonds. The highest BCUT2D eigenvalue weighted by Gasteiger charge is 2.47. The molecule has 4 atom stereocenters. The Hall–Kier alpha value is -2.00. The van der Waals surface area contributed by atoms with Gasteiger partial charge in [-0.05, 0) is 61.8 Å². The van der Waals surface area contributed by atoms with Crippen LogP contribution < -0.4 is 0 Å². The van der Waals surface area contributed by atoms with E-state index in [4.69, 9.17) is 19.5 Å². The fraction of sp³-hybridized carbons (Fsp3) is 0.440. The minimum atomic E-state index is -0.747.